The van der Waals surface area contributed by atoms with Crippen molar-refractivity contribution in [2.24, 2.45) is 4.99 Å². The van der Waals surface area contributed by atoms with Crippen LogP contribution < -0.4 is 0 Å². The highest BCUT2D eigenvalue weighted by atomic mass is 35.5. The molecular weight excluding hydrogens is 202 g/mol. The lowest BCUT2D eigenvalue weighted by Gasteiger charge is -1.94. The summed E-state index contributed by atoms with van der Waals surface area (Å²) < 4.78 is 4.46. The van der Waals surface area contributed by atoms with Crippen LogP contribution in [-0.4, -0.2) is 19.3 Å². The molecular formula is C10H10ClNO2. The summed E-state index contributed by atoms with van der Waals surface area (Å²) in [4.78, 5) is 14.8. The Morgan fingerprint density at radius 1 is 1.50 bits per heavy atom. The summed E-state index contributed by atoms with van der Waals surface area (Å²) in [6, 6.07) is 7.03. The molecule has 1 rings (SSSR count). The zero-order valence-corrected chi connectivity index (χ0v) is 8.49. The van der Waals surface area contributed by atoms with E-state index in [1.807, 2.05) is 0 Å². The van der Waals surface area contributed by atoms with Crippen LogP contribution in [0.5, 0.6) is 0 Å². The van der Waals surface area contributed by atoms with Crippen molar-refractivity contribution < 1.29 is 9.53 Å². The molecule has 0 fully saturated rings. The third-order valence-corrected chi connectivity index (χ3v) is 1.80. The second kappa shape index (κ2) is 5.40. The molecule has 0 aliphatic rings. The number of ether oxygens (including phenoxy) is 1. The lowest BCUT2D eigenvalue weighted by Crippen LogP contribution is -1.99. The van der Waals surface area contributed by atoms with Crippen molar-refractivity contribution in [2.45, 2.75) is 6.42 Å². The van der Waals surface area contributed by atoms with Crippen LogP contribution in [0.25, 0.3) is 0 Å². The fraction of sp³-hybridized carbons (Fsp3) is 0.200. The Labute approximate surface area is 87.4 Å². The summed E-state index contributed by atoms with van der Waals surface area (Å²) in [5, 5.41) is 0.664. The number of hydrogen-bond donors (Lipinski definition) is 0. The normalized spacial score (nSPS) is 10.4. The highest BCUT2D eigenvalue weighted by molar-refractivity contribution is 6.30. The molecule has 1 aromatic rings. The van der Waals surface area contributed by atoms with E-state index in [2.05, 4.69) is 9.73 Å². The lowest BCUT2D eigenvalue weighted by atomic mass is 10.3. The van der Waals surface area contributed by atoms with Gasteiger partial charge >= 0.3 is 5.97 Å². The zero-order chi connectivity index (χ0) is 10.4. The molecule has 0 N–H and O–H groups in total. The summed E-state index contributed by atoms with van der Waals surface area (Å²) in [6.45, 7) is 0. The predicted molar refractivity (Wildman–Crippen MR) is 56.2 cm³/mol. The molecule has 1 aromatic carbocycles. The van der Waals surface area contributed by atoms with Gasteiger partial charge < -0.3 is 4.74 Å². The monoisotopic (exact) mass is 211 g/mol. The van der Waals surface area contributed by atoms with Crippen molar-refractivity contribution in [3.8, 4) is 0 Å². The molecule has 14 heavy (non-hydrogen) atoms. The van der Waals surface area contributed by atoms with Gasteiger partial charge in [-0.1, -0.05) is 11.6 Å². The molecule has 0 aliphatic carbocycles. The molecule has 0 saturated heterocycles. The maximum atomic E-state index is 10.7. The molecule has 3 nitrogen and oxygen atoms in total. The largest absolute Gasteiger partial charge is 0.469 e. The number of methoxy groups -OCH3 is 1. The number of hydrogen-bond acceptors (Lipinski definition) is 3. The number of rotatable bonds is 3. The minimum atomic E-state index is -0.303. The maximum absolute atomic E-state index is 10.7. The van der Waals surface area contributed by atoms with E-state index in [4.69, 9.17) is 11.6 Å². The van der Waals surface area contributed by atoms with Gasteiger partial charge in [-0.05, 0) is 24.3 Å². The van der Waals surface area contributed by atoms with E-state index in [9.17, 15) is 4.79 Å². The summed E-state index contributed by atoms with van der Waals surface area (Å²) in [5.41, 5.74) is 0.762. The number of halogens is 1. The molecule has 0 bridgehead atoms. The first kappa shape index (κ1) is 10.7. The van der Waals surface area contributed by atoms with Crippen molar-refractivity contribution in [3.05, 3.63) is 29.3 Å². The molecule has 0 aromatic heterocycles. The molecule has 74 valence electrons. The van der Waals surface area contributed by atoms with Gasteiger partial charge in [-0.25, -0.2) is 0 Å². The van der Waals surface area contributed by atoms with Gasteiger partial charge in [0.15, 0.2) is 0 Å². The van der Waals surface area contributed by atoms with Crippen LogP contribution in [0.3, 0.4) is 0 Å². The Morgan fingerprint density at radius 3 is 2.71 bits per heavy atom. The van der Waals surface area contributed by atoms with E-state index in [-0.39, 0.29) is 12.4 Å². The van der Waals surface area contributed by atoms with Gasteiger partial charge in [0.2, 0.25) is 0 Å². The van der Waals surface area contributed by atoms with E-state index >= 15 is 0 Å². The van der Waals surface area contributed by atoms with Gasteiger partial charge in [0.1, 0.15) is 0 Å². The molecule has 0 atom stereocenters. The highest BCUT2D eigenvalue weighted by Crippen LogP contribution is 2.15. The predicted octanol–water partition coefficient (Wildman–Crippen LogP) is 2.61. The standard InChI is InChI=1S/C10H10ClNO2/c1-14-10(13)6-7-12-9-4-2-8(11)3-5-9/h2-5,7H,6H2,1H3. The van der Waals surface area contributed by atoms with Gasteiger partial charge in [-0.2, -0.15) is 0 Å². The molecule has 0 spiro atoms. The topological polar surface area (TPSA) is 38.7 Å². The van der Waals surface area contributed by atoms with Crippen LogP contribution in [0.1, 0.15) is 6.42 Å². The van der Waals surface area contributed by atoms with E-state index in [1.54, 1.807) is 24.3 Å². The van der Waals surface area contributed by atoms with Gasteiger partial charge in [-0.3, -0.25) is 9.79 Å². The fourth-order valence-electron chi connectivity index (χ4n) is 0.836. The van der Waals surface area contributed by atoms with Gasteiger partial charge in [0.05, 0.1) is 19.2 Å². The van der Waals surface area contributed by atoms with Gasteiger partial charge in [0.25, 0.3) is 0 Å². The Balaban J connectivity index is 2.52. The molecule has 4 heteroatoms. The first-order valence-corrected chi connectivity index (χ1v) is 4.45. The second-order valence-electron chi connectivity index (χ2n) is 2.57. The molecule has 0 saturated carbocycles. The van der Waals surface area contributed by atoms with E-state index in [1.165, 1.54) is 13.3 Å². The third-order valence-electron chi connectivity index (χ3n) is 1.55. The average molecular weight is 212 g/mol. The van der Waals surface area contributed by atoms with E-state index < -0.39 is 0 Å². The zero-order valence-electron chi connectivity index (χ0n) is 7.74. The summed E-state index contributed by atoms with van der Waals surface area (Å²) in [5.74, 6) is -0.303. The van der Waals surface area contributed by atoms with Crippen LogP contribution in [0.2, 0.25) is 5.02 Å². The van der Waals surface area contributed by atoms with E-state index in [0.717, 1.165) is 5.69 Å². The lowest BCUT2D eigenvalue weighted by molar-refractivity contribution is -0.139. The van der Waals surface area contributed by atoms with Crippen LogP contribution in [0, 0.1) is 0 Å². The number of aliphatic imine (C=N–C) groups is 1. The highest BCUT2D eigenvalue weighted by Gasteiger charge is 1.94. The summed E-state index contributed by atoms with van der Waals surface area (Å²) in [6.07, 6.45) is 1.69. The van der Waals surface area contributed by atoms with Crippen molar-refractivity contribution >= 4 is 29.5 Å². The SMILES string of the molecule is COC(=O)CC=Nc1ccc(Cl)cc1. The maximum Gasteiger partial charge on any atom is 0.310 e. The Morgan fingerprint density at radius 2 is 2.14 bits per heavy atom. The molecule has 0 amide bonds. The molecule has 0 unspecified atom stereocenters. The molecule has 0 aliphatic heterocycles. The number of nitrogens with zero attached hydrogens (tertiary/aromatic N) is 1. The number of benzene rings is 1. The number of carbonyl (C=O) groups excluding carboxylic acids is 1. The van der Waals surface area contributed by atoms with Crippen molar-refractivity contribution in [3.63, 3.8) is 0 Å². The summed E-state index contributed by atoms with van der Waals surface area (Å²) >= 11 is 5.69. The average Bonchev–Trinajstić information content (AvgIpc) is 2.21. The van der Waals surface area contributed by atoms with Crippen molar-refractivity contribution in [2.75, 3.05) is 7.11 Å². The fourth-order valence-corrected chi connectivity index (χ4v) is 0.962. The Kier molecular flexibility index (Phi) is 4.13. The first-order chi connectivity index (χ1) is 6.72. The van der Waals surface area contributed by atoms with Crippen LogP contribution in [-0.2, 0) is 9.53 Å². The quantitative estimate of drug-likeness (QED) is 0.570. The van der Waals surface area contributed by atoms with Gasteiger partial charge in [0, 0.05) is 11.2 Å². The van der Waals surface area contributed by atoms with Crippen LogP contribution >= 0.6 is 11.6 Å². The first-order valence-electron chi connectivity index (χ1n) is 4.07. The van der Waals surface area contributed by atoms with Crippen LogP contribution in [0.4, 0.5) is 5.69 Å². The smallest absolute Gasteiger partial charge is 0.310 e. The Hall–Kier alpha value is -1.35. The van der Waals surface area contributed by atoms with Crippen molar-refractivity contribution in [1.82, 2.24) is 0 Å². The van der Waals surface area contributed by atoms with E-state index in [0.29, 0.717) is 5.02 Å². The minimum Gasteiger partial charge on any atom is -0.469 e. The number of carbonyl (C=O) groups is 1. The number of esters is 1. The third kappa shape index (κ3) is 3.58. The minimum absolute atomic E-state index is 0.180. The summed E-state index contributed by atoms with van der Waals surface area (Å²) in [7, 11) is 1.35. The Bertz CT molecular complexity index is 332. The second-order valence-corrected chi connectivity index (χ2v) is 3.00. The molecule has 0 radical (unpaired) electrons. The van der Waals surface area contributed by atoms with Crippen LogP contribution in [0.15, 0.2) is 29.3 Å². The van der Waals surface area contributed by atoms with Gasteiger partial charge in [-0.15, -0.1) is 0 Å². The molecule has 0 heterocycles. The van der Waals surface area contributed by atoms with Crippen molar-refractivity contribution in [1.29, 1.82) is 0 Å².